The van der Waals surface area contributed by atoms with Gasteiger partial charge in [-0.15, -0.1) is 0 Å². The Bertz CT molecular complexity index is 1050. The van der Waals surface area contributed by atoms with Gasteiger partial charge in [0, 0.05) is 17.4 Å². The summed E-state index contributed by atoms with van der Waals surface area (Å²) in [5.41, 5.74) is 2.65. The van der Waals surface area contributed by atoms with Crippen LogP contribution in [0, 0.1) is 13.8 Å². The first-order valence-electron chi connectivity index (χ1n) is 9.54. The SMILES string of the molecule is COc1ccc(OCCNC(=O)CCc2c(C)c3ccc(C)cc3oc2=O)cc1. The number of rotatable bonds is 8. The largest absolute Gasteiger partial charge is 0.497 e. The van der Waals surface area contributed by atoms with Gasteiger partial charge in [0.25, 0.3) is 0 Å². The molecule has 0 radical (unpaired) electrons. The van der Waals surface area contributed by atoms with Crippen LogP contribution in [-0.4, -0.2) is 26.2 Å². The smallest absolute Gasteiger partial charge is 0.339 e. The summed E-state index contributed by atoms with van der Waals surface area (Å²) in [7, 11) is 1.61. The molecule has 0 saturated heterocycles. The number of aryl methyl sites for hydroxylation is 2. The van der Waals surface area contributed by atoms with Gasteiger partial charge in [0.2, 0.25) is 5.91 Å². The van der Waals surface area contributed by atoms with Crippen molar-refractivity contribution in [2.75, 3.05) is 20.3 Å². The van der Waals surface area contributed by atoms with E-state index in [-0.39, 0.29) is 18.0 Å². The third-order valence-electron chi connectivity index (χ3n) is 4.80. The molecule has 0 unspecified atom stereocenters. The van der Waals surface area contributed by atoms with Crippen LogP contribution in [0.25, 0.3) is 11.0 Å². The molecule has 0 aliphatic carbocycles. The molecule has 0 aliphatic heterocycles. The second-order valence-electron chi connectivity index (χ2n) is 6.87. The number of amides is 1. The van der Waals surface area contributed by atoms with Crippen LogP contribution in [0.3, 0.4) is 0 Å². The van der Waals surface area contributed by atoms with Crippen molar-refractivity contribution in [3.63, 3.8) is 0 Å². The second-order valence-corrected chi connectivity index (χ2v) is 6.87. The number of nitrogens with one attached hydrogen (secondary N) is 1. The van der Waals surface area contributed by atoms with Crippen molar-refractivity contribution in [1.29, 1.82) is 0 Å². The van der Waals surface area contributed by atoms with Crippen LogP contribution in [0.1, 0.15) is 23.1 Å². The Hall–Kier alpha value is -3.28. The lowest BCUT2D eigenvalue weighted by atomic mass is 10.0. The highest BCUT2D eigenvalue weighted by molar-refractivity contribution is 5.82. The molecule has 2 aromatic carbocycles. The number of carbonyl (C=O) groups excluding carboxylic acids is 1. The predicted octanol–water partition coefficient (Wildman–Crippen LogP) is 3.55. The molecule has 1 amide bonds. The van der Waals surface area contributed by atoms with E-state index in [4.69, 9.17) is 13.9 Å². The number of fused-ring (bicyclic) bond motifs is 1. The van der Waals surface area contributed by atoms with Gasteiger partial charge >= 0.3 is 5.63 Å². The average molecular weight is 395 g/mol. The molecule has 3 aromatic rings. The van der Waals surface area contributed by atoms with Crippen LogP contribution < -0.4 is 20.4 Å². The highest BCUT2D eigenvalue weighted by atomic mass is 16.5. The molecule has 1 heterocycles. The number of ether oxygens (including phenoxy) is 2. The van der Waals surface area contributed by atoms with Crippen LogP contribution in [0.2, 0.25) is 0 Å². The van der Waals surface area contributed by atoms with E-state index in [0.29, 0.717) is 36.5 Å². The molecule has 1 N–H and O–H groups in total. The Labute approximate surface area is 169 Å². The predicted molar refractivity (Wildman–Crippen MR) is 112 cm³/mol. The maximum absolute atomic E-state index is 12.3. The van der Waals surface area contributed by atoms with Crippen LogP contribution in [0.4, 0.5) is 0 Å². The minimum atomic E-state index is -0.378. The molecule has 0 aliphatic rings. The topological polar surface area (TPSA) is 77.8 Å². The Morgan fingerprint density at radius 1 is 1.07 bits per heavy atom. The van der Waals surface area contributed by atoms with Gasteiger partial charge in [0.05, 0.1) is 13.7 Å². The zero-order valence-corrected chi connectivity index (χ0v) is 16.9. The van der Waals surface area contributed by atoms with Gasteiger partial charge in [0.15, 0.2) is 0 Å². The molecule has 0 bridgehead atoms. The average Bonchev–Trinajstić information content (AvgIpc) is 2.71. The van der Waals surface area contributed by atoms with Crippen LogP contribution >= 0.6 is 0 Å². The molecule has 0 atom stereocenters. The van der Waals surface area contributed by atoms with Gasteiger partial charge < -0.3 is 19.2 Å². The fourth-order valence-electron chi connectivity index (χ4n) is 3.15. The summed E-state index contributed by atoms with van der Waals surface area (Å²) in [6.45, 7) is 4.58. The van der Waals surface area contributed by atoms with E-state index in [0.717, 1.165) is 22.3 Å². The molecule has 3 rings (SSSR count). The molecule has 6 heteroatoms. The molecule has 0 saturated carbocycles. The lowest BCUT2D eigenvalue weighted by Gasteiger charge is -2.10. The first-order valence-corrected chi connectivity index (χ1v) is 9.54. The van der Waals surface area contributed by atoms with Crippen LogP contribution in [0.5, 0.6) is 11.5 Å². The Kier molecular flexibility index (Phi) is 6.54. The van der Waals surface area contributed by atoms with Crippen molar-refractivity contribution in [3.8, 4) is 11.5 Å². The van der Waals surface area contributed by atoms with E-state index in [1.807, 2.05) is 56.3 Å². The van der Waals surface area contributed by atoms with Crippen molar-refractivity contribution < 1.29 is 18.7 Å². The van der Waals surface area contributed by atoms with Crippen molar-refractivity contribution in [2.24, 2.45) is 0 Å². The molecule has 1 aromatic heterocycles. The van der Waals surface area contributed by atoms with Gasteiger partial charge in [-0.05, 0) is 61.7 Å². The summed E-state index contributed by atoms with van der Waals surface area (Å²) in [5, 5.41) is 3.71. The molecular formula is C23H25NO5. The molecule has 0 fully saturated rings. The normalized spacial score (nSPS) is 10.7. The number of carbonyl (C=O) groups is 1. The molecular weight excluding hydrogens is 370 g/mol. The van der Waals surface area contributed by atoms with Crippen molar-refractivity contribution in [1.82, 2.24) is 5.32 Å². The van der Waals surface area contributed by atoms with E-state index in [1.165, 1.54) is 0 Å². The zero-order valence-electron chi connectivity index (χ0n) is 16.9. The van der Waals surface area contributed by atoms with E-state index >= 15 is 0 Å². The maximum Gasteiger partial charge on any atom is 0.339 e. The number of methoxy groups -OCH3 is 1. The Morgan fingerprint density at radius 2 is 1.79 bits per heavy atom. The van der Waals surface area contributed by atoms with E-state index in [2.05, 4.69) is 5.32 Å². The molecule has 6 nitrogen and oxygen atoms in total. The summed E-state index contributed by atoms with van der Waals surface area (Å²) in [6.07, 6.45) is 0.550. The molecule has 29 heavy (non-hydrogen) atoms. The van der Waals surface area contributed by atoms with Crippen molar-refractivity contribution in [2.45, 2.75) is 26.7 Å². The monoisotopic (exact) mass is 395 g/mol. The van der Waals surface area contributed by atoms with Crippen molar-refractivity contribution >= 4 is 16.9 Å². The summed E-state index contributed by atoms with van der Waals surface area (Å²) >= 11 is 0. The van der Waals surface area contributed by atoms with Gasteiger partial charge in [-0.1, -0.05) is 12.1 Å². The number of hydrogen-bond acceptors (Lipinski definition) is 5. The summed E-state index contributed by atoms with van der Waals surface area (Å²) in [6, 6.07) is 13.0. The van der Waals surface area contributed by atoms with E-state index in [9.17, 15) is 9.59 Å². The van der Waals surface area contributed by atoms with Gasteiger partial charge in [-0.3, -0.25) is 4.79 Å². The highest BCUT2D eigenvalue weighted by Crippen LogP contribution is 2.21. The standard InChI is InChI=1S/C23H25NO5/c1-15-4-9-19-16(2)20(23(26)29-21(19)14-15)10-11-22(25)24-12-13-28-18-7-5-17(27-3)6-8-18/h4-9,14H,10-13H2,1-3H3,(H,24,25). The highest BCUT2D eigenvalue weighted by Gasteiger charge is 2.13. The minimum absolute atomic E-state index is 0.133. The number of benzene rings is 2. The van der Waals surface area contributed by atoms with Crippen molar-refractivity contribution in [3.05, 3.63) is 69.6 Å². The quantitative estimate of drug-likeness (QED) is 0.466. The zero-order chi connectivity index (χ0) is 20.8. The van der Waals surface area contributed by atoms with Crippen LogP contribution in [-0.2, 0) is 11.2 Å². The Morgan fingerprint density at radius 3 is 2.52 bits per heavy atom. The number of hydrogen-bond donors (Lipinski definition) is 1. The van der Waals surface area contributed by atoms with Gasteiger partial charge in [0.1, 0.15) is 23.7 Å². The van der Waals surface area contributed by atoms with E-state index in [1.54, 1.807) is 7.11 Å². The summed E-state index contributed by atoms with van der Waals surface area (Å²) in [5.74, 6) is 1.33. The summed E-state index contributed by atoms with van der Waals surface area (Å²) in [4.78, 5) is 24.4. The second kappa shape index (κ2) is 9.28. The third-order valence-corrected chi connectivity index (χ3v) is 4.80. The van der Waals surface area contributed by atoms with Gasteiger partial charge in [-0.2, -0.15) is 0 Å². The molecule has 0 spiro atoms. The lowest BCUT2D eigenvalue weighted by molar-refractivity contribution is -0.121. The Balaban J connectivity index is 1.50. The maximum atomic E-state index is 12.3. The minimum Gasteiger partial charge on any atom is -0.497 e. The molecule has 152 valence electrons. The van der Waals surface area contributed by atoms with Crippen LogP contribution in [0.15, 0.2) is 51.7 Å². The first kappa shape index (κ1) is 20.5. The first-order chi connectivity index (χ1) is 14.0. The fourth-order valence-corrected chi connectivity index (χ4v) is 3.15. The lowest BCUT2D eigenvalue weighted by Crippen LogP contribution is -2.28. The third kappa shape index (κ3) is 5.16. The fraction of sp³-hybridized carbons (Fsp3) is 0.304. The summed E-state index contributed by atoms with van der Waals surface area (Å²) < 4.78 is 16.1. The van der Waals surface area contributed by atoms with Gasteiger partial charge in [-0.25, -0.2) is 4.79 Å². The van der Waals surface area contributed by atoms with E-state index < -0.39 is 0 Å².